The highest BCUT2D eigenvalue weighted by Gasteiger charge is 2.28. The molecule has 1 unspecified atom stereocenters. The summed E-state index contributed by atoms with van der Waals surface area (Å²) in [6, 6.07) is 11.8. The van der Waals surface area contributed by atoms with Crippen LogP contribution >= 0.6 is 0 Å². The minimum absolute atomic E-state index is 0.0386. The van der Waals surface area contributed by atoms with Gasteiger partial charge in [-0.15, -0.1) is 0 Å². The molecule has 1 fully saturated rings. The summed E-state index contributed by atoms with van der Waals surface area (Å²) in [5, 5.41) is 27.0. The lowest BCUT2D eigenvalue weighted by Gasteiger charge is -2.20. The number of aliphatic hydroxyl groups is 2. The third kappa shape index (κ3) is 3.90. The van der Waals surface area contributed by atoms with Crippen LogP contribution in [-0.2, 0) is 6.54 Å². The number of fused-ring (bicyclic) bond motifs is 1. The molecule has 0 spiro atoms. The molecule has 7 heteroatoms. The Hall–Kier alpha value is -2.77. The van der Waals surface area contributed by atoms with Crippen molar-refractivity contribution in [2.24, 2.45) is 0 Å². The van der Waals surface area contributed by atoms with Crippen LogP contribution in [0.2, 0.25) is 0 Å². The molecule has 1 aliphatic carbocycles. The van der Waals surface area contributed by atoms with E-state index in [1.165, 1.54) is 6.92 Å². The number of pyridine rings is 1. The second-order valence-electron chi connectivity index (χ2n) is 7.73. The van der Waals surface area contributed by atoms with E-state index in [4.69, 9.17) is 4.98 Å². The van der Waals surface area contributed by atoms with Crippen LogP contribution in [0.5, 0.6) is 0 Å². The van der Waals surface area contributed by atoms with Gasteiger partial charge >= 0.3 is 0 Å². The fourth-order valence-electron chi connectivity index (χ4n) is 3.14. The van der Waals surface area contributed by atoms with Crippen LogP contribution in [0.4, 0.5) is 0 Å². The van der Waals surface area contributed by atoms with E-state index >= 15 is 0 Å². The summed E-state index contributed by atoms with van der Waals surface area (Å²) in [5.41, 5.74) is 1.84. The summed E-state index contributed by atoms with van der Waals surface area (Å²) in [7, 11) is 0. The Morgan fingerprint density at radius 1 is 1.32 bits per heavy atom. The van der Waals surface area contributed by atoms with Gasteiger partial charge in [-0.3, -0.25) is 4.79 Å². The molecule has 2 aromatic heterocycles. The maximum absolute atomic E-state index is 12.8. The van der Waals surface area contributed by atoms with Crippen LogP contribution in [0.1, 0.15) is 47.3 Å². The molecule has 7 nitrogen and oxygen atoms in total. The van der Waals surface area contributed by atoms with Crippen molar-refractivity contribution in [2.75, 3.05) is 13.2 Å². The molecule has 1 saturated carbocycles. The largest absolute Gasteiger partial charge is 0.393 e. The van der Waals surface area contributed by atoms with E-state index in [1.807, 2.05) is 41.1 Å². The molecule has 0 saturated heterocycles. The highest BCUT2D eigenvalue weighted by atomic mass is 16.3. The lowest BCUT2D eigenvalue weighted by molar-refractivity contribution is 0.00321. The first-order valence-corrected chi connectivity index (χ1v) is 9.49. The topological polar surface area (TPSA) is 100 Å². The minimum Gasteiger partial charge on any atom is -0.393 e. The van der Waals surface area contributed by atoms with Crippen LogP contribution < -0.4 is 5.32 Å². The summed E-state index contributed by atoms with van der Waals surface area (Å²) in [6.45, 7) is 1.58. The fourth-order valence-corrected chi connectivity index (χ4v) is 3.14. The van der Waals surface area contributed by atoms with E-state index in [-0.39, 0.29) is 12.5 Å². The molecule has 3 N–H and O–H groups in total. The number of carbonyl (C=O) groups is 1. The van der Waals surface area contributed by atoms with E-state index < -0.39 is 12.2 Å². The van der Waals surface area contributed by atoms with E-state index in [1.54, 1.807) is 6.20 Å². The number of aliphatic hydroxyl groups excluding tert-OH is 1. The zero-order chi connectivity index (χ0) is 19.7. The number of carbonyl (C=O) groups excluding carboxylic acids is 1. The molecule has 146 valence electrons. The summed E-state index contributed by atoms with van der Waals surface area (Å²) in [4.78, 5) is 17.6. The van der Waals surface area contributed by atoms with Gasteiger partial charge in [0.05, 0.1) is 30.3 Å². The van der Waals surface area contributed by atoms with Gasteiger partial charge in [-0.25, -0.2) is 9.67 Å². The summed E-state index contributed by atoms with van der Waals surface area (Å²) in [5.74, 6) is 0.0823. The van der Waals surface area contributed by atoms with Crippen molar-refractivity contribution in [1.82, 2.24) is 20.1 Å². The molecule has 0 aliphatic heterocycles. The zero-order valence-electron chi connectivity index (χ0n) is 15.8. The molecule has 1 amide bonds. The molecular formula is C21H24N4O3. The highest BCUT2D eigenvalue weighted by Crippen LogP contribution is 2.40. The van der Waals surface area contributed by atoms with Gasteiger partial charge in [0.2, 0.25) is 0 Å². The van der Waals surface area contributed by atoms with Gasteiger partial charge in [0, 0.05) is 18.2 Å². The van der Waals surface area contributed by atoms with Crippen molar-refractivity contribution < 1.29 is 15.0 Å². The van der Waals surface area contributed by atoms with Crippen molar-refractivity contribution in [2.45, 2.75) is 37.8 Å². The van der Waals surface area contributed by atoms with Crippen LogP contribution in [-0.4, -0.2) is 49.6 Å². The Morgan fingerprint density at radius 3 is 2.75 bits per heavy atom. The Kier molecular flexibility index (Phi) is 4.87. The van der Waals surface area contributed by atoms with Crippen molar-refractivity contribution >= 4 is 16.9 Å². The average molecular weight is 380 g/mol. The first-order valence-electron chi connectivity index (χ1n) is 9.49. The maximum atomic E-state index is 12.8. The SMILES string of the molecule is CC(O)(CO)CNC(=O)c1cc(C2CC2)nc2c1cnn2Cc1ccccc1. The molecular weight excluding hydrogens is 356 g/mol. The average Bonchev–Trinajstić information content (AvgIpc) is 3.48. The van der Waals surface area contributed by atoms with Gasteiger partial charge in [0.25, 0.3) is 5.91 Å². The summed E-state index contributed by atoms with van der Waals surface area (Å²) in [6.07, 6.45) is 3.82. The minimum atomic E-state index is -1.36. The Morgan fingerprint density at radius 2 is 2.07 bits per heavy atom. The molecule has 3 aromatic rings. The quantitative estimate of drug-likeness (QED) is 0.581. The Bertz CT molecular complexity index is 994. The Labute approximate surface area is 163 Å². The molecule has 1 atom stereocenters. The number of aromatic nitrogens is 3. The second kappa shape index (κ2) is 7.33. The van der Waals surface area contributed by atoms with Crippen LogP contribution in [0.25, 0.3) is 11.0 Å². The number of nitrogens with zero attached hydrogens (tertiary/aromatic N) is 3. The third-order valence-corrected chi connectivity index (χ3v) is 5.01. The van der Waals surface area contributed by atoms with Crippen molar-refractivity contribution in [3.05, 3.63) is 59.4 Å². The third-order valence-electron chi connectivity index (χ3n) is 5.01. The fraction of sp³-hybridized carbons (Fsp3) is 0.381. The van der Waals surface area contributed by atoms with Gasteiger partial charge < -0.3 is 15.5 Å². The smallest absolute Gasteiger partial charge is 0.252 e. The van der Waals surface area contributed by atoms with Crippen molar-refractivity contribution in [3.63, 3.8) is 0 Å². The summed E-state index contributed by atoms with van der Waals surface area (Å²) >= 11 is 0. The first kappa shape index (κ1) is 18.6. The van der Waals surface area contributed by atoms with Crippen LogP contribution in [0, 0.1) is 0 Å². The molecule has 0 bridgehead atoms. The number of rotatable bonds is 7. The number of benzene rings is 1. The van der Waals surface area contributed by atoms with E-state index in [9.17, 15) is 15.0 Å². The highest BCUT2D eigenvalue weighted by molar-refractivity contribution is 6.05. The molecule has 0 radical (unpaired) electrons. The van der Waals surface area contributed by atoms with Crippen LogP contribution in [0.15, 0.2) is 42.6 Å². The van der Waals surface area contributed by atoms with Crippen LogP contribution in [0.3, 0.4) is 0 Å². The normalized spacial score (nSPS) is 16.1. The zero-order valence-corrected chi connectivity index (χ0v) is 15.8. The van der Waals surface area contributed by atoms with Crippen molar-refractivity contribution in [3.8, 4) is 0 Å². The molecule has 2 heterocycles. The maximum Gasteiger partial charge on any atom is 0.252 e. The number of amides is 1. The molecule has 1 aliphatic rings. The van der Waals surface area contributed by atoms with E-state index in [0.717, 1.165) is 24.1 Å². The number of nitrogens with one attached hydrogen (secondary N) is 1. The number of hydrogen-bond donors (Lipinski definition) is 3. The second-order valence-corrected chi connectivity index (χ2v) is 7.73. The van der Waals surface area contributed by atoms with E-state index in [2.05, 4.69) is 10.4 Å². The van der Waals surface area contributed by atoms with Gasteiger partial charge in [-0.05, 0) is 31.4 Å². The predicted molar refractivity (Wildman–Crippen MR) is 105 cm³/mol. The molecule has 1 aromatic carbocycles. The number of hydrogen-bond acceptors (Lipinski definition) is 5. The lowest BCUT2D eigenvalue weighted by Crippen LogP contribution is -2.43. The van der Waals surface area contributed by atoms with Crippen molar-refractivity contribution in [1.29, 1.82) is 0 Å². The molecule has 4 rings (SSSR count). The summed E-state index contributed by atoms with van der Waals surface area (Å²) < 4.78 is 1.82. The van der Waals surface area contributed by atoms with Gasteiger partial charge in [0.15, 0.2) is 5.65 Å². The van der Waals surface area contributed by atoms with Gasteiger partial charge in [-0.1, -0.05) is 30.3 Å². The molecule has 28 heavy (non-hydrogen) atoms. The van der Waals surface area contributed by atoms with E-state index in [0.29, 0.717) is 29.1 Å². The lowest BCUT2D eigenvalue weighted by atomic mass is 10.1. The monoisotopic (exact) mass is 380 g/mol. The Balaban J connectivity index is 1.69. The standard InChI is InChI=1S/C21H24N4O3/c1-21(28,13-26)12-22-20(27)16-9-18(15-7-8-15)24-19-17(16)10-23-25(19)11-14-5-3-2-4-6-14/h2-6,9-10,15,26,28H,7-8,11-13H2,1H3,(H,22,27). The first-order chi connectivity index (χ1) is 13.5. The van der Waals surface area contributed by atoms with Gasteiger partial charge in [-0.2, -0.15) is 5.10 Å². The predicted octanol–water partition coefficient (Wildman–Crippen LogP) is 1.83. The van der Waals surface area contributed by atoms with Gasteiger partial charge in [0.1, 0.15) is 5.60 Å².